The van der Waals surface area contributed by atoms with Crippen molar-refractivity contribution in [2.75, 3.05) is 5.88 Å². The first-order chi connectivity index (χ1) is 4.18. The van der Waals surface area contributed by atoms with Crippen molar-refractivity contribution in [2.45, 2.75) is 22.0 Å². The maximum atomic E-state index is 5.69. The van der Waals surface area contributed by atoms with E-state index in [1.165, 1.54) is 0 Å². The summed E-state index contributed by atoms with van der Waals surface area (Å²) < 4.78 is 0.0146. The van der Waals surface area contributed by atoms with Gasteiger partial charge in [0, 0.05) is 10.7 Å². The highest BCUT2D eigenvalue weighted by Gasteiger charge is 2.10. The van der Waals surface area contributed by atoms with E-state index < -0.39 is 0 Å². The van der Waals surface area contributed by atoms with Gasteiger partial charge in [-0.15, -0.1) is 23.2 Å². The first-order valence-electron chi connectivity index (χ1n) is 2.66. The van der Waals surface area contributed by atoms with Gasteiger partial charge in [-0.1, -0.05) is 31.9 Å². The minimum absolute atomic E-state index is 0.0146. The summed E-state index contributed by atoms with van der Waals surface area (Å²) >= 11 is 17.8. The third-order valence-electron chi connectivity index (χ3n) is 0.887. The summed E-state index contributed by atoms with van der Waals surface area (Å²) in [7, 11) is 0. The Labute approximate surface area is 82.5 Å². The van der Waals surface area contributed by atoms with E-state index in [9.17, 15) is 0 Å². The average molecular weight is 299 g/mol. The lowest BCUT2D eigenvalue weighted by atomic mass is 10.3. The highest BCUT2D eigenvalue weighted by molar-refractivity contribution is 9.12. The molecule has 0 saturated heterocycles. The number of halogens is 4. The highest BCUT2D eigenvalue weighted by atomic mass is 79.9. The number of rotatable bonds is 4. The van der Waals surface area contributed by atoms with Gasteiger partial charge < -0.3 is 0 Å². The van der Waals surface area contributed by atoms with Crippen molar-refractivity contribution in [2.24, 2.45) is 0 Å². The second kappa shape index (κ2) is 6.26. The highest BCUT2D eigenvalue weighted by Crippen LogP contribution is 2.22. The van der Waals surface area contributed by atoms with Crippen molar-refractivity contribution in [1.82, 2.24) is 0 Å². The second-order valence-corrected chi connectivity index (χ2v) is 5.22. The Hall–Kier alpha value is 1.54. The van der Waals surface area contributed by atoms with E-state index in [0.29, 0.717) is 10.7 Å². The Balaban J connectivity index is 3.16. The molecule has 0 saturated carbocycles. The molecule has 0 spiro atoms. The Morgan fingerprint density at radius 1 is 1.33 bits per heavy atom. The Bertz CT molecular complexity index is 68.0. The fraction of sp³-hybridized carbons (Fsp3) is 1.00. The summed E-state index contributed by atoms with van der Waals surface area (Å²) in [5.41, 5.74) is 0. The molecule has 0 N–H and O–H groups in total. The van der Waals surface area contributed by atoms with Gasteiger partial charge in [0.25, 0.3) is 0 Å². The van der Waals surface area contributed by atoms with Crippen LogP contribution in [0.5, 0.6) is 0 Å². The predicted molar refractivity (Wildman–Crippen MR) is 51.2 cm³/mol. The fourth-order valence-electron chi connectivity index (χ4n) is 0.398. The van der Waals surface area contributed by atoms with E-state index in [2.05, 4.69) is 31.9 Å². The van der Waals surface area contributed by atoms with Crippen LogP contribution in [0.4, 0.5) is 0 Å². The molecule has 0 nitrogen and oxygen atoms in total. The Morgan fingerprint density at radius 3 is 2.22 bits per heavy atom. The predicted octanol–water partition coefficient (Wildman–Crippen LogP) is 3.73. The molecule has 9 heavy (non-hydrogen) atoms. The van der Waals surface area contributed by atoms with E-state index in [1.807, 2.05) is 0 Å². The second-order valence-electron chi connectivity index (χ2n) is 1.68. The number of hydrogen-bond acceptors (Lipinski definition) is 0. The third-order valence-corrected chi connectivity index (χ3v) is 4.10. The van der Waals surface area contributed by atoms with Crippen molar-refractivity contribution >= 4 is 55.1 Å². The van der Waals surface area contributed by atoms with Crippen LogP contribution < -0.4 is 0 Å². The van der Waals surface area contributed by atoms with Gasteiger partial charge in [-0.3, -0.25) is 0 Å². The normalized spacial score (nSPS) is 17.3. The van der Waals surface area contributed by atoms with Crippen LogP contribution in [0.3, 0.4) is 0 Å². The van der Waals surface area contributed by atoms with Gasteiger partial charge in [-0.25, -0.2) is 0 Å². The molecular weight excluding hydrogens is 291 g/mol. The fourth-order valence-corrected chi connectivity index (χ4v) is 1.27. The summed E-state index contributed by atoms with van der Waals surface area (Å²) in [5, 5.41) is 0. The molecule has 0 aromatic heterocycles. The van der Waals surface area contributed by atoms with Gasteiger partial charge >= 0.3 is 0 Å². The van der Waals surface area contributed by atoms with Crippen molar-refractivity contribution in [3.8, 4) is 0 Å². The monoisotopic (exact) mass is 296 g/mol. The van der Waals surface area contributed by atoms with Gasteiger partial charge in [0.2, 0.25) is 0 Å². The van der Waals surface area contributed by atoms with E-state index in [-0.39, 0.29) is 4.29 Å². The molecular formula is C5H8Br2Cl2. The lowest BCUT2D eigenvalue weighted by Gasteiger charge is -2.07. The zero-order valence-electron chi connectivity index (χ0n) is 4.79. The molecule has 2 atom stereocenters. The number of hydrogen-bond donors (Lipinski definition) is 0. The Kier molecular flexibility index (Phi) is 7.33. The van der Waals surface area contributed by atoms with Crippen molar-refractivity contribution in [3.63, 3.8) is 0 Å². The van der Waals surface area contributed by atoms with E-state index in [4.69, 9.17) is 23.2 Å². The van der Waals surface area contributed by atoms with Crippen LogP contribution in [0.1, 0.15) is 12.8 Å². The van der Waals surface area contributed by atoms with Crippen LogP contribution in [0.2, 0.25) is 0 Å². The number of alkyl halides is 4. The maximum Gasteiger partial charge on any atom is 0.101 e. The van der Waals surface area contributed by atoms with Crippen LogP contribution in [0.25, 0.3) is 0 Å². The largest absolute Gasteiger partial charge is 0.127 e. The van der Waals surface area contributed by atoms with Gasteiger partial charge in [-0.05, 0) is 12.8 Å². The molecule has 2 unspecified atom stereocenters. The van der Waals surface area contributed by atoms with E-state index in [1.54, 1.807) is 0 Å². The smallest absolute Gasteiger partial charge is 0.101 e. The molecule has 0 aliphatic heterocycles. The lowest BCUT2D eigenvalue weighted by molar-refractivity contribution is 0.794. The van der Waals surface area contributed by atoms with Crippen LogP contribution >= 0.6 is 55.1 Å². The molecule has 0 fully saturated rings. The molecule has 0 amide bonds. The third kappa shape index (κ3) is 5.96. The zero-order valence-corrected chi connectivity index (χ0v) is 9.47. The molecule has 4 heteroatoms. The van der Waals surface area contributed by atoms with Gasteiger partial charge in [-0.2, -0.15) is 0 Å². The topological polar surface area (TPSA) is 0 Å². The van der Waals surface area contributed by atoms with Crippen molar-refractivity contribution < 1.29 is 0 Å². The standard InChI is InChI=1S/C5H8Br2Cl2/c6-4(5(7)9)2-1-3-8/h4-5H,1-3H2. The minimum Gasteiger partial charge on any atom is -0.127 e. The molecule has 0 radical (unpaired) electrons. The van der Waals surface area contributed by atoms with Gasteiger partial charge in [0.15, 0.2) is 0 Å². The lowest BCUT2D eigenvalue weighted by Crippen LogP contribution is -2.06. The summed E-state index contributed by atoms with van der Waals surface area (Å²) in [6.45, 7) is 0. The van der Waals surface area contributed by atoms with Crippen LogP contribution in [0, 0.1) is 0 Å². The molecule has 56 valence electrons. The molecule has 0 bridgehead atoms. The van der Waals surface area contributed by atoms with E-state index in [0.717, 1.165) is 12.8 Å². The van der Waals surface area contributed by atoms with Gasteiger partial charge in [0.05, 0.1) is 0 Å². The van der Waals surface area contributed by atoms with Crippen LogP contribution in [0.15, 0.2) is 0 Å². The molecule has 0 aromatic rings. The first kappa shape index (κ1) is 10.5. The summed E-state index contributed by atoms with van der Waals surface area (Å²) in [5.74, 6) is 0.707. The molecule has 0 aromatic carbocycles. The maximum absolute atomic E-state index is 5.69. The molecule has 0 aliphatic rings. The van der Waals surface area contributed by atoms with Gasteiger partial charge in [0.1, 0.15) is 4.29 Å². The SMILES string of the molecule is ClCCCC(Br)C(Cl)Br. The first-order valence-corrected chi connectivity index (χ1v) is 5.47. The Morgan fingerprint density at radius 2 is 1.89 bits per heavy atom. The summed E-state index contributed by atoms with van der Waals surface area (Å²) in [6, 6.07) is 0. The van der Waals surface area contributed by atoms with Crippen molar-refractivity contribution in [1.29, 1.82) is 0 Å². The molecule has 0 aliphatic carbocycles. The molecule has 0 heterocycles. The summed E-state index contributed by atoms with van der Waals surface area (Å²) in [4.78, 5) is 0.331. The van der Waals surface area contributed by atoms with Crippen LogP contribution in [-0.4, -0.2) is 15.0 Å². The molecule has 0 rings (SSSR count). The van der Waals surface area contributed by atoms with Crippen LogP contribution in [-0.2, 0) is 0 Å². The zero-order chi connectivity index (χ0) is 7.28. The minimum atomic E-state index is 0.0146. The van der Waals surface area contributed by atoms with Crippen molar-refractivity contribution in [3.05, 3.63) is 0 Å². The van der Waals surface area contributed by atoms with E-state index >= 15 is 0 Å². The summed E-state index contributed by atoms with van der Waals surface area (Å²) in [6.07, 6.45) is 2.02. The average Bonchev–Trinajstić information content (AvgIpc) is 1.82. The quantitative estimate of drug-likeness (QED) is 0.694.